The Hall–Kier alpha value is -3.95. The van der Waals surface area contributed by atoms with E-state index in [4.69, 9.17) is 9.47 Å². The van der Waals surface area contributed by atoms with Crippen molar-refractivity contribution in [2.75, 3.05) is 30.8 Å². The van der Waals surface area contributed by atoms with E-state index in [1.807, 2.05) is 54.5 Å². The number of rotatable bonds is 7. The fourth-order valence-corrected chi connectivity index (χ4v) is 5.12. The molecule has 3 heterocycles. The molecule has 0 bridgehead atoms. The highest BCUT2D eigenvalue weighted by molar-refractivity contribution is 5.79. The molecule has 3 aromatic rings. The summed E-state index contributed by atoms with van der Waals surface area (Å²) in [6.07, 6.45) is 2.02. The average Bonchev–Trinajstić information content (AvgIpc) is 2.91. The molecule has 2 atom stereocenters. The third-order valence-electron chi connectivity index (χ3n) is 7.28. The van der Waals surface area contributed by atoms with Crippen LogP contribution in [0.3, 0.4) is 0 Å². The number of benzene rings is 1. The largest absolute Gasteiger partial charge is 0.496 e. The molecule has 0 spiro atoms. The lowest BCUT2D eigenvalue weighted by molar-refractivity contribution is 0.0165. The number of likely N-dealkylation sites (tertiary alicyclic amines) is 1. The van der Waals surface area contributed by atoms with Crippen LogP contribution in [0, 0.1) is 24.5 Å². The predicted octanol–water partition coefficient (Wildman–Crippen LogP) is 7.66. The van der Waals surface area contributed by atoms with E-state index in [0.29, 0.717) is 31.0 Å². The fourth-order valence-electron chi connectivity index (χ4n) is 5.12. The lowest BCUT2D eigenvalue weighted by Gasteiger charge is -2.38. The molecule has 1 amide bonds. The molecule has 226 valence electrons. The highest BCUT2D eigenvalue weighted by atomic mass is 19.1. The van der Waals surface area contributed by atoms with E-state index in [9.17, 15) is 4.79 Å². The van der Waals surface area contributed by atoms with Crippen molar-refractivity contribution in [2.45, 2.75) is 72.4 Å². The molecule has 1 aliphatic rings. The molecule has 1 aliphatic heterocycles. The Morgan fingerprint density at radius 3 is 2.55 bits per heavy atom. The molecule has 0 aliphatic carbocycles. The number of carbonyl (C=O) groups is 1. The van der Waals surface area contributed by atoms with Crippen LogP contribution in [0.1, 0.15) is 65.1 Å². The molecule has 0 radical (unpaired) electrons. The van der Waals surface area contributed by atoms with Gasteiger partial charge < -0.3 is 25.0 Å². The number of methoxy groups -OCH3 is 1. The van der Waals surface area contributed by atoms with Gasteiger partial charge in [-0.25, -0.2) is 18.6 Å². The van der Waals surface area contributed by atoms with Crippen LogP contribution in [0.15, 0.2) is 36.5 Å². The summed E-state index contributed by atoms with van der Waals surface area (Å²) in [6, 6.07) is 7.47. The van der Waals surface area contributed by atoms with Crippen LogP contribution in [0.5, 0.6) is 5.75 Å². The first-order valence-corrected chi connectivity index (χ1v) is 14.3. The van der Waals surface area contributed by atoms with E-state index in [1.54, 1.807) is 17.2 Å². The van der Waals surface area contributed by atoms with Crippen LogP contribution in [-0.4, -0.2) is 52.8 Å². The Labute approximate surface area is 246 Å². The maximum Gasteiger partial charge on any atom is 0.410 e. The van der Waals surface area contributed by atoms with Gasteiger partial charge in [0.15, 0.2) is 11.6 Å². The molecule has 2 unspecified atom stereocenters. The Balaban J connectivity index is 1.73. The van der Waals surface area contributed by atoms with Crippen molar-refractivity contribution in [3.63, 3.8) is 0 Å². The number of nitrogens with one attached hydrogen (secondary N) is 2. The van der Waals surface area contributed by atoms with Gasteiger partial charge in [-0.1, -0.05) is 26.8 Å². The molecule has 1 saturated heterocycles. The lowest BCUT2D eigenvalue weighted by atomic mass is 9.93. The van der Waals surface area contributed by atoms with Gasteiger partial charge in [0.1, 0.15) is 22.9 Å². The normalized spacial score (nSPS) is 17.3. The number of aryl methyl sites for hydroxylation is 1. The van der Waals surface area contributed by atoms with Crippen molar-refractivity contribution in [3.8, 4) is 17.0 Å². The van der Waals surface area contributed by atoms with Crippen molar-refractivity contribution in [3.05, 3.63) is 59.4 Å². The first-order chi connectivity index (χ1) is 19.8. The van der Waals surface area contributed by atoms with Crippen LogP contribution in [0.25, 0.3) is 11.3 Å². The van der Waals surface area contributed by atoms with Gasteiger partial charge in [-0.3, -0.25) is 4.98 Å². The molecule has 10 heteroatoms. The second kappa shape index (κ2) is 12.5. The summed E-state index contributed by atoms with van der Waals surface area (Å²) in [5.41, 5.74) is 2.14. The zero-order valence-corrected chi connectivity index (χ0v) is 25.6. The summed E-state index contributed by atoms with van der Waals surface area (Å²) < 4.78 is 41.7. The third kappa shape index (κ3) is 6.91. The Kier molecular flexibility index (Phi) is 9.23. The second-order valence-corrected chi connectivity index (χ2v) is 12.1. The number of aromatic nitrogens is 2. The number of carbonyl (C=O) groups excluding carboxylic acids is 1. The Morgan fingerprint density at radius 1 is 1.17 bits per heavy atom. The zero-order valence-electron chi connectivity index (χ0n) is 25.6. The summed E-state index contributed by atoms with van der Waals surface area (Å²) in [6.45, 7) is 14.6. The second-order valence-electron chi connectivity index (χ2n) is 12.1. The van der Waals surface area contributed by atoms with Gasteiger partial charge >= 0.3 is 6.09 Å². The van der Waals surface area contributed by atoms with Gasteiger partial charge in [0.25, 0.3) is 0 Å². The van der Waals surface area contributed by atoms with E-state index in [0.717, 1.165) is 16.9 Å². The third-order valence-corrected chi connectivity index (χ3v) is 7.28. The standard InChI is InChI=1S/C32H41F2N5O3/c1-18(2)27-28(19(3)12-14-35-27)37-30-24(16-22(34)29(38-30)26-21(33)10-9-11-25(26)41-8)36-23-13-15-39(17-20(23)4)31(40)42-32(5,6)7/h9-12,14,16,18,20,23,36H,13,15,17H2,1-8H3,(H,37,38). The van der Waals surface area contributed by atoms with E-state index >= 15 is 8.78 Å². The zero-order chi connectivity index (χ0) is 30.8. The molecular formula is C32H41F2N5O3. The van der Waals surface area contributed by atoms with Gasteiger partial charge in [-0.05, 0) is 69.7 Å². The van der Waals surface area contributed by atoms with Crippen molar-refractivity contribution in [1.82, 2.24) is 14.9 Å². The molecule has 8 nitrogen and oxygen atoms in total. The molecule has 1 fully saturated rings. The number of amides is 1. The average molecular weight is 582 g/mol. The predicted molar refractivity (Wildman–Crippen MR) is 161 cm³/mol. The number of hydrogen-bond donors (Lipinski definition) is 2. The maximum atomic E-state index is 15.8. The quantitative estimate of drug-likeness (QED) is 0.296. The monoisotopic (exact) mass is 581 g/mol. The minimum atomic E-state index is -0.697. The topological polar surface area (TPSA) is 88.6 Å². The molecule has 2 aromatic heterocycles. The molecule has 4 rings (SSSR count). The number of hydrogen-bond acceptors (Lipinski definition) is 7. The van der Waals surface area contributed by atoms with Crippen molar-refractivity contribution in [2.24, 2.45) is 5.92 Å². The van der Waals surface area contributed by atoms with Gasteiger partial charge in [0, 0.05) is 31.4 Å². The van der Waals surface area contributed by atoms with E-state index in [1.165, 1.54) is 25.3 Å². The molecule has 42 heavy (non-hydrogen) atoms. The fraction of sp³-hybridized carbons (Fsp3) is 0.469. The van der Waals surface area contributed by atoms with E-state index < -0.39 is 17.2 Å². The van der Waals surface area contributed by atoms with Crippen LogP contribution in [0.4, 0.5) is 30.8 Å². The van der Waals surface area contributed by atoms with Crippen LogP contribution in [-0.2, 0) is 4.74 Å². The highest BCUT2D eigenvalue weighted by Crippen LogP contribution is 2.39. The lowest BCUT2D eigenvalue weighted by Crippen LogP contribution is -2.49. The van der Waals surface area contributed by atoms with Crippen molar-refractivity contribution in [1.29, 1.82) is 0 Å². The molecule has 0 saturated carbocycles. The van der Waals surface area contributed by atoms with Gasteiger partial charge in [-0.2, -0.15) is 0 Å². The van der Waals surface area contributed by atoms with E-state index in [-0.39, 0.29) is 41.0 Å². The maximum absolute atomic E-state index is 15.8. The Bertz CT molecular complexity index is 1440. The summed E-state index contributed by atoms with van der Waals surface area (Å²) in [5.74, 6) is -0.700. The molecule has 1 aromatic carbocycles. The van der Waals surface area contributed by atoms with Gasteiger partial charge in [0.05, 0.1) is 29.7 Å². The van der Waals surface area contributed by atoms with Gasteiger partial charge in [0.2, 0.25) is 0 Å². The first kappa shape index (κ1) is 31.0. The number of nitrogens with zero attached hydrogens (tertiary/aromatic N) is 3. The van der Waals surface area contributed by atoms with Gasteiger partial charge in [-0.15, -0.1) is 0 Å². The minimum absolute atomic E-state index is 0.0277. The van der Waals surface area contributed by atoms with Crippen molar-refractivity contribution >= 4 is 23.3 Å². The molecular weight excluding hydrogens is 540 g/mol. The summed E-state index contributed by atoms with van der Waals surface area (Å²) in [5, 5.41) is 6.86. The number of piperidine rings is 1. The smallest absolute Gasteiger partial charge is 0.410 e. The van der Waals surface area contributed by atoms with E-state index in [2.05, 4.69) is 20.6 Å². The van der Waals surface area contributed by atoms with Crippen LogP contribution >= 0.6 is 0 Å². The van der Waals surface area contributed by atoms with Crippen molar-refractivity contribution < 1.29 is 23.0 Å². The summed E-state index contributed by atoms with van der Waals surface area (Å²) in [7, 11) is 1.41. The number of pyridine rings is 2. The minimum Gasteiger partial charge on any atom is -0.496 e. The highest BCUT2D eigenvalue weighted by Gasteiger charge is 2.32. The van der Waals surface area contributed by atoms with Crippen LogP contribution in [0.2, 0.25) is 0 Å². The number of anilines is 3. The summed E-state index contributed by atoms with van der Waals surface area (Å²) in [4.78, 5) is 23.6. The Morgan fingerprint density at radius 2 is 1.90 bits per heavy atom. The first-order valence-electron chi connectivity index (χ1n) is 14.3. The number of ether oxygens (including phenoxy) is 2. The molecule has 2 N–H and O–H groups in total. The summed E-state index contributed by atoms with van der Waals surface area (Å²) >= 11 is 0. The number of halogens is 2. The van der Waals surface area contributed by atoms with Crippen LogP contribution < -0.4 is 15.4 Å². The SMILES string of the molecule is COc1cccc(F)c1-c1nc(Nc2c(C)ccnc2C(C)C)c(NC2CCN(C(=O)OC(C)(C)C)CC2C)cc1F.